The van der Waals surface area contributed by atoms with Crippen LogP contribution in [0.2, 0.25) is 0 Å². The van der Waals surface area contributed by atoms with Crippen LogP contribution < -0.4 is 0 Å². The molecule has 0 aliphatic heterocycles. The smallest absolute Gasteiger partial charge is 0.238 e. The second-order valence-corrected chi connectivity index (χ2v) is 7.06. The fourth-order valence-corrected chi connectivity index (χ4v) is 4.13. The van der Waals surface area contributed by atoms with Gasteiger partial charge < -0.3 is 0 Å². The number of para-hydroxylation sites is 1. The second kappa shape index (κ2) is 5.46. The number of allylic oxidation sites excluding steroid dienone is 1. The van der Waals surface area contributed by atoms with Gasteiger partial charge in [0.15, 0.2) is 0 Å². The van der Waals surface area contributed by atoms with Crippen LogP contribution in [0.4, 0.5) is 0 Å². The highest BCUT2D eigenvalue weighted by Gasteiger charge is 2.22. The summed E-state index contributed by atoms with van der Waals surface area (Å²) in [5, 5.41) is 0.912. The highest BCUT2D eigenvalue weighted by atomic mass is 32.2. The van der Waals surface area contributed by atoms with Crippen molar-refractivity contribution in [2.24, 2.45) is 0 Å². The summed E-state index contributed by atoms with van der Waals surface area (Å²) in [4.78, 5) is 0.296. The summed E-state index contributed by atoms with van der Waals surface area (Å²) >= 11 is 0. The molecule has 4 heteroatoms. The van der Waals surface area contributed by atoms with Crippen molar-refractivity contribution in [3.05, 3.63) is 78.5 Å². The highest BCUT2D eigenvalue weighted by Crippen LogP contribution is 2.26. The van der Waals surface area contributed by atoms with Gasteiger partial charge in [0.05, 0.1) is 10.4 Å². The van der Waals surface area contributed by atoms with Gasteiger partial charge in [0.25, 0.3) is 10.0 Å². The maximum absolute atomic E-state index is 13.0. The first-order chi connectivity index (χ1) is 10.5. The van der Waals surface area contributed by atoms with Crippen LogP contribution in [0.15, 0.2) is 72.1 Å². The zero-order valence-electron chi connectivity index (χ0n) is 12.4. The Morgan fingerprint density at radius 3 is 2.45 bits per heavy atom. The van der Waals surface area contributed by atoms with Gasteiger partial charge in [-0.25, -0.2) is 12.4 Å². The third-order valence-corrected chi connectivity index (χ3v) is 5.43. The Bertz CT molecular complexity index is 935. The van der Waals surface area contributed by atoms with Crippen LogP contribution >= 0.6 is 0 Å². The lowest BCUT2D eigenvalue weighted by molar-refractivity contribution is 0.587. The summed E-state index contributed by atoms with van der Waals surface area (Å²) in [6.45, 7) is 5.66. The monoisotopic (exact) mass is 311 g/mol. The minimum absolute atomic E-state index is 0.296. The molecule has 0 atom stereocenters. The van der Waals surface area contributed by atoms with E-state index in [0.29, 0.717) is 16.8 Å². The van der Waals surface area contributed by atoms with Gasteiger partial charge in [0, 0.05) is 17.5 Å². The SMILES string of the molecule is C=CCc1cc2ccccc2n1S(=O)(=O)c1ccc(C)cc1. The van der Waals surface area contributed by atoms with Crippen LogP contribution in [0.25, 0.3) is 10.9 Å². The third kappa shape index (κ3) is 2.35. The molecule has 0 aliphatic carbocycles. The van der Waals surface area contributed by atoms with E-state index in [9.17, 15) is 8.42 Å². The van der Waals surface area contributed by atoms with E-state index in [0.717, 1.165) is 16.6 Å². The molecule has 1 heterocycles. The molecule has 22 heavy (non-hydrogen) atoms. The normalized spacial score (nSPS) is 11.7. The molecule has 0 radical (unpaired) electrons. The highest BCUT2D eigenvalue weighted by molar-refractivity contribution is 7.90. The van der Waals surface area contributed by atoms with E-state index in [4.69, 9.17) is 0 Å². The molecule has 0 bridgehead atoms. The fourth-order valence-electron chi connectivity index (χ4n) is 2.58. The number of benzene rings is 2. The molecule has 0 aliphatic rings. The van der Waals surface area contributed by atoms with Gasteiger partial charge in [-0.15, -0.1) is 6.58 Å². The van der Waals surface area contributed by atoms with Crippen molar-refractivity contribution in [2.45, 2.75) is 18.2 Å². The summed E-state index contributed by atoms with van der Waals surface area (Å²) in [7, 11) is -3.62. The molecule has 0 saturated heterocycles. The van der Waals surface area contributed by atoms with Crippen LogP contribution in [-0.4, -0.2) is 12.4 Å². The average Bonchev–Trinajstić information content (AvgIpc) is 2.86. The van der Waals surface area contributed by atoms with E-state index < -0.39 is 10.0 Å². The molecular weight excluding hydrogens is 294 g/mol. The number of hydrogen-bond acceptors (Lipinski definition) is 2. The minimum atomic E-state index is -3.62. The van der Waals surface area contributed by atoms with Crippen LogP contribution in [0.1, 0.15) is 11.3 Å². The Morgan fingerprint density at radius 2 is 1.77 bits per heavy atom. The maximum Gasteiger partial charge on any atom is 0.268 e. The molecule has 0 spiro atoms. The van der Waals surface area contributed by atoms with E-state index in [-0.39, 0.29) is 0 Å². The average molecular weight is 311 g/mol. The largest absolute Gasteiger partial charge is 0.268 e. The Morgan fingerprint density at radius 1 is 1.09 bits per heavy atom. The number of nitrogens with zero attached hydrogens (tertiary/aromatic N) is 1. The van der Waals surface area contributed by atoms with Gasteiger partial charge in [0.1, 0.15) is 0 Å². The van der Waals surface area contributed by atoms with Crippen molar-refractivity contribution in [1.29, 1.82) is 0 Å². The summed E-state index contributed by atoms with van der Waals surface area (Å²) in [5.74, 6) is 0. The molecular formula is C18H17NO2S. The summed E-state index contributed by atoms with van der Waals surface area (Å²) in [6.07, 6.45) is 2.22. The summed E-state index contributed by atoms with van der Waals surface area (Å²) in [6, 6.07) is 16.3. The lowest BCUT2D eigenvalue weighted by Gasteiger charge is -2.11. The standard InChI is InChI=1S/C18H17NO2S/c1-3-6-16-13-15-7-4-5-8-18(15)19(16)22(20,21)17-11-9-14(2)10-12-17/h3-5,7-13H,1,6H2,2H3. The summed E-state index contributed by atoms with van der Waals surface area (Å²) in [5.41, 5.74) is 2.44. The molecule has 0 unspecified atom stereocenters. The molecule has 0 fully saturated rings. The van der Waals surface area contributed by atoms with Gasteiger partial charge >= 0.3 is 0 Å². The maximum atomic E-state index is 13.0. The van der Waals surface area contributed by atoms with Gasteiger partial charge in [-0.3, -0.25) is 0 Å². The zero-order valence-corrected chi connectivity index (χ0v) is 13.2. The number of rotatable bonds is 4. The van der Waals surface area contributed by atoms with Crippen molar-refractivity contribution < 1.29 is 8.42 Å². The predicted octanol–water partition coefficient (Wildman–Crippen LogP) is 3.92. The topological polar surface area (TPSA) is 39.1 Å². The lowest BCUT2D eigenvalue weighted by atomic mass is 10.2. The quantitative estimate of drug-likeness (QED) is 0.685. The first kappa shape index (κ1) is 14.6. The van der Waals surface area contributed by atoms with Gasteiger partial charge in [-0.05, 0) is 31.2 Å². The van der Waals surface area contributed by atoms with E-state index in [1.165, 1.54) is 3.97 Å². The van der Waals surface area contributed by atoms with Crippen LogP contribution in [0.5, 0.6) is 0 Å². The Hall–Kier alpha value is -2.33. The van der Waals surface area contributed by atoms with Gasteiger partial charge in [-0.2, -0.15) is 0 Å². The molecule has 1 aromatic heterocycles. The Labute approximate surface area is 130 Å². The number of aryl methyl sites for hydroxylation is 1. The van der Waals surface area contributed by atoms with Gasteiger partial charge in [-0.1, -0.05) is 42.0 Å². The van der Waals surface area contributed by atoms with Crippen molar-refractivity contribution in [1.82, 2.24) is 3.97 Å². The molecule has 0 saturated carbocycles. The van der Waals surface area contributed by atoms with Crippen molar-refractivity contribution in [3.8, 4) is 0 Å². The van der Waals surface area contributed by atoms with E-state index in [1.807, 2.05) is 49.4 Å². The number of aromatic nitrogens is 1. The molecule has 0 amide bonds. The Kier molecular flexibility index (Phi) is 3.62. The first-order valence-corrected chi connectivity index (χ1v) is 8.50. The van der Waals surface area contributed by atoms with E-state index in [1.54, 1.807) is 18.2 Å². The molecule has 3 nitrogen and oxygen atoms in total. The molecule has 2 aromatic carbocycles. The zero-order chi connectivity index (χ0) is 15.7. The number of hydrogen-bond donors (Lipinski definition) is 0. The fraction of sp³-hybridized carbons (Fsp3) is 0.111. The number of fused-ring (bicyclic) bond motifs is 1. The van der Waals surface area contributed by atoms with Crippen molar-refractivity contribution in [2.75, 3.05) is 0 Å². The third-order valence-electron chi connectivity index (χ3n) is 3.65. The van der Waals surface area contributed by atoms with Crippen LogP contribution in [0.3, 0.4) is 0 Å². The molecule has 0 N–H and O–H groups in total. The molecule has 112 valence electrons. The van der Waals surface area contributed by atoms with E-state index >= 15 is 0 Å². The predicted molar refractivity (Wildman–Crippen MR) is 89.6 cm³/mol. The van der Waals surface area contributed by atoms with E-state index in [2.05, 4.69) is 6.58 Å². The van der Waals surface area contributed by atoms with Crippen molar-refractivity contribution in [3.63, 3.8) is 0 Å². The van der Waals surface area contributed by atoms with Crippen molar-refractivity contribution >= 4 is 20.9 Å². The second-order valence-electron chi connectivity index (χ2n) is 5.27. The minimum Gasteiger partial charge on any atom is -0.238 e. The molecule has 3 rings (SSSR count). The first-order valence-electron chi connectivity index (χ1n) is 7.06. The van der Waals surface area contributed by atoms with Crippen LogP contribution in [-0.2, 0) is 16.4 Å². The summed E-state index contributed by atoms with van der Waals surface area (Å²) < 4.78 is 27.5. The Balaban J connectivity index is 2.29. The van der Waals surface area contributed by atoms with Crippen LogP contribution in [0, 0.1) is 6.92 Å². The lowest BCUT2D eigenvalue weighted by Crippen LogP contribution is -2.15. The molecule has 3 aromatic rings. The van der Waals surface area contributed by atoms with Gasteiger partial charge in [0.2, 0.25) is 0 Å².